The summed E-state index contributed by atoms with van der Waals surface area (Å²) in [6.45, 7) is 7.19. The lowest BCUT2D eigenvalue weighted by atomic mass is 9.87. The van der Waals surface area contributed by atoms with E-state index in [2.05, 4.69) is 25.7 Å². The number of likely N-dealkylation sites (tertiary alicyclic amines) is 1. The predicted molar refractivity (Wildman–Crippen MR) is 55.0 cm³/mol. The molecular weight excluding hydrogens is 165 g/mol. The van der Waals surface area contributed by atoms with Crippen LogP contribution in [-0.4, -0.2) is 46.7 Å². The Morgan fingerprint density at radius 2 is 2.08 bits per heavy atom. The Hall–Kier alpha value is -0.0551. The molecule has 1 saturated heterocycles. The minimum Gasteiger partial charge on any atom is -0.454 e. The van der Waals surface area contributed by atoms with Crippen LogP contribution in [0, 0.1) is 0 Å². The first-order valence-electron chi connectivity index (χ1n) is 5.01. The molecule has 1 heterocycles. The highest BCUT2D eigenvalue weighted by Crippen LogP contribution is 2.28. The van der Waals surface area contributed by atoms with Crippen LogP contribution in [0.25, 0.3) is 0 Å². The second-order valence-electron chi connectivity index (χ2n) is 4.88. The molecule has 2 atom stereocenters. The zero-order valence-electron chi connectivity index (χ0n) is 8.82. The second kappa shape index (κ2) is 3.99. The maximum atomic E-state index is 9.54. The Bertz CT molecular complexity index is 169. The summed E-state index contributed by atoms with van der Waals surface area (Å²) in [5, 5.41) is 18.4. The van der Waals surface area contributed by atoms with Crippen molar-refractivity contribution in [3.8, 4) is 0 Å². The highest BCUT2D eigenvalue weighted by Gasteiger charge is 2.36. The van der Waals surface area contributed by atoms with Gasteiger partial charge in [0.25, 0.3) is 7.48 Å². The number of β-amino-alcohol motifs (C(OH)–C–C–N with tert-alkyl or cyclic N) is 1. The molecule has 1 aliphatic rings. The fourth-order valence-electron chi connectivity index (χ4n) is 2.14. The average Bonchev–Trinajstić information content (AvgIpc) is 2.30. The molecule has 0 aliphatic carbocycles. The number of nitrogens with zero attached hydrogens (tertiary/aromatic N) is 1. The monoisotopic (exact) mass is 185 g/mol. The maximum Gasteiger partial charge on any atom is 0.272 e. The van der Waals surface area contributed by atoms with Crippen molar-refractivity contribution in [1.82, 2.24) is 4.90 Å². The van der Waals surface area contributed by atoms with Crippen molar-refractivity contribution in [3.05, 3.63) is 0 Å². The van der Waals surface area contributed by atoms with Crippen LogP contribution in [0.5, 0.6) is 0 Å². The van der Waals surface area contributed by atoms with Gasteiger partial charge in [0.1, 0.15) is 0 Å². The van der Waals surface area contributed by atoms with Crippen LogP contribution in [0.15, 0.2) is 0 Å². The number of hydrogen-bond donors (Lipinski definition) is 2. The van der Waals surface area contributed by atoms with E-state index >= 15 is 0 Å². The summed E-state index contributed by atoms with van der Waals surface area (Å²) in [6.07, 6.45) is 1.36. The number of rotatable bonds is 2. The summed E-state index contributed by atoms with van der Waals surface area (Å²) < 4.78 is 0. The summed E-state index contributed by atoms with van der Waals surface area (Å²) in [5.41, 5.74) is 0.0946. The molecule has 3 nitrogen and oxygen atoms in total. The minimum atomic E-state index is -0.212. The zero-order chi connectivity index (χ0) is 10.1. The quantitative estimate of drug-likeness (QED) is 0.594. The van der Waals surface area contributed by atoms with Crippen LogP contribution in [0.4, 0.5) is 0 Å². The third kappa shape index (κ3) is 2.69. The van der Waals surface area contributed by atoms with Crippen LogP contribution >= 0.6 is 0 Å². The summed E-state index contributed by atoms with van der Waals surface area (Å²) in [6, 6.07) is 0.347. The lowest BCUT2D eigenvalue weighted by Crippen LogP contribution is -2.45. The van der Waals surface area contributed by atoms with Gasteiger partial charge in [-0.3, -0.25) is 4.90 Å². The van der Waals surface area contributed by atoms with Crippen molar-refractivity contribution < 1.29 is 10.1 Å². The van der Waals surface area contributed by atoms with Crippen LogP contribution in [0.1, 0.15) is 27.2 Å². The van der Waals surface area contributed by atoms with Crippen LogP contribution in [0.2, 0.25) is 6.32 Å². The molecule has 76 valence electrons. The number of hydrogen-bond acceptors (Lipinski definition) is 3. The standard InChI is InChI=1S/C9H20BNO2/c1-9(2,3)11-6-8(12)4-7(11)5-10-13/h7-8,10,12-13H,4-6H2,1-3H3. The van der Waals surface area contributed by atoms with E-state index in [1.54, 1.807) is 0 Å². The van der Waals surface area contributed by atoms with Gasteiger partial charge >= 0.3 is 0 Å². The van der Waals surface area contributed by atoms with E-state index in [1.807, 2.05) is 0 Å². The number of aliphatic hydroxyl groups is 1. The molecule has 0 spiro atoms. The smallest absolute Gasteiger partial charge is 0.272 e. The molecule has 1 fully saturated rings. The van der Waals surface area contributed by atoms with Gasteiger partial charge in [-0.2, -0.15) is 0 Å². The molecule has 2 N–H and O–H groups in total. The van der Waals surface area contributed by atoms with E-state index in [9.17, 15) is 5.11 Å². The Balaban J connectivity index is 2.60. The summed E-state index contributed by atoms with van der Waals surface area (Å²) in [7, 11) is 0.212. The van der Waals surface area contributed by atoms with Crippen molar-refractivity contribution in [3.63, 3.8) is 0 Å². The Labute approximate surface area is 81.0 Å². The largest absolute Gasteiger partial charge is 0.454 e. The van der Waals surface area contributed by atoms with Gasteiger partial charge in [-0.05, 0) is 33.5 Å². The normalized spacial score (nSPS) is 30.8. The first kappa shape index (κ1) is 11.0. The Kier molecular flexibility index (Phi) is 3.38. The van der Waals surface area contributed by atoms with E-state index < -0.39 is 0 Å². The van der Waals surface area contributed by atoms with Gasteiger partial charge in [0.05, 0.1) is 6.10 Å². The zero-order valence-corrected chi connectivity index (χ0v) is 8.82. The first-order chi connectivity index (χ1) is 5.95. The lowest BCUT2D eigenvalue weighted by Gasteiger charge is -2.36. The topological polar surface area (TPSA) is 43.7 Å². The Morgan fingerprint density at radius 3 is 2.54 bits per heavy atom. The molecule has 0 aromatic rings. The molecule has 0 amide bonds. The van der Waals surface area contributed by atoms with Gasteiger partial charge in [-0.25, -0.2) is 0 Å². The molecule has 4 heteroatoms. The fraction of sp³-hybridized carbons (Fsp3) is 1.00. The number of aliphatic hydroxyl groups excluding tert-OH is 1. The Morgan fingerprint density at radius 1 is 1.46 bits per heavy atom. The van der Waals surface area contributed by atoms with E-state index in [0.29, 0.717) is 6.04 Å². The van der Waals surface area contributed by atoms with Crippen molar-refractivity contribution in [2.24, 2.45) is 0 Å². The minimum absolute atomic E-state index is 0.0946. The fourth-order valence-corrected chi connectivity index (χ4v) is 2.14. The van der Waals surface area contributed by atoms with E-state index in [1.165, 1.54) is 0 Å². The van der Waals surface area contributed by atoms with E-state index in [0.717, 1.165) is 19.3 Å². The van der Waals surface area contributed by atoms with E-state index in [4.69, 9.17) is 5.02 Å². The third-order valence-electron chi connectivity index (χ3n) is 2.72. The molecule has 0 aromatic heterocycles. The summed E-state index contributed by atoms with van der Waals surface area (Å²) in [5.74, 6) is 0. The second-order valence-corrected chi connectivity index (χ2v) is 4.88. The van der Waals surface area contributed by atoms with Crippen molar-refractivity contribution in [1.29, 1.82) is 0 Å². The molecular formula is C9H20BNO2. The predicted octanol–water partition coefficient (Wildman–Crippen LogP) is -0.0178. The van der Waals surface area contributed by atoms with Gasteiger partial charge < -0.3 is 10.1 Å². The molecule has 1 rings (SSSR count). The van der Waals surface area contributed by atoms with Crippen molar-refractivity contribution in [2.45, 2.75) is 51.2 Å². The average molecular weight is 185 g/mol. The molecule has 0 radical (unpaired) electrons. The van der Waals surface area contributed by atoms with Crippen molar-refractivity contribution in [2.75, 3.05) is 6.54 Å². The van der Waals surface area contributed by atoms with Gasteiger partial charge in [0.2, 0.25) is 0 Å². The van der Waals surface area contributed by atoms with Gasteiger partial charge in [-0.1, -0.05) is 0 Å². The highest BCUT2D eigenvalue weighted by molar-refractivity contribution is 6.25. The van der Waals surface area contributed by atoms with Crippen LogP contribution in [-0.2, 0) is 0 Å². The molecule has 0 saturated carbocycles. The molecule has 2 unspecified atom stereocenters. The third-order valence-corrected chi connectivity index (χ3v) is 2.72. The molecule has 0 aromatic carbocycles. The van der Waals surface area contributed by atoms with Crippen LogP contribution < -0.4 is 0 Å². The SMILES string of the molecule is CC(C)(C)N1CC(O)CC1CBO. The van der Waals surface area contributed by atoms with E-state index in [-0.39, 0.29) is 19.1 Å². The molecule has 13 heavy (non-hydrogen) atoms. The van der Waals surface area contributed by atoms with Gasteiger partial charge in [0.15, 0.2) is 0 Å². The molecule has 1 aliphatic heterocycles. The van der Waals surface area contributed by atoms with Crippen LogP contribution in [0.3, 0.4) is 0 Å². The first-order valence-corrected chi connectivity index (χ1v) is 5.01. The lowest BCUT2D eigenvalue weighted by molar-refractivity contribution is 0.109. The molecule has 0 bridgehead atoms. The summed E-state index contributed by atoms with van der Waals surface area (Å²) in [4.78, 5) is 2.29. The van der Waals surface area contributed by atoms with Crippen molar-refractivity contribution >= 4 is 7.48 Å². The highest BCUT2D eigenvalue weighted by atomic mass is 16.3. The van der Waals surface area contributed by atoms with Gasteiger partial charge in [-0.15, -0.1) is 0 Å². The van der Waals surface area contributed by atoms with Gasteiger partial charge in [0, 0.05) is 18.1 Å². The summed E-state index contributed by atoms with van der Waals surface area (Å²) >= 11 is 0. The maximum absolute atomic E-state index is 9.54.